The van der Waals surface area contributed by atoms with Crippen LogP contribution in [0.15, 0.2) is 60.8 Å². The number of para-hydroxylation sites is 1. The Bertz CT molecular complexity index is 961. The van der Waals surface area contributed by atoms with Crippen molar-refractivity contribution in [3.8, 4) is 0 Å². The number of fused-ring (bicyclic) bond motifs is 1. The van der Waals surface area contributed by atoms with E-state index in [4.69, 9.17) is 23.2 Å². The molecule has 1 aromatic heterocycles. The van der Waals surface area contributed by atoms with E-state index in [0.717, 1.165) is 17.8 Å². The summed E-state index contributed by atoms with van der Waals surface area (Å²) in [4.78, 5) is 15.0. The molecule has 2 amide bonds. The number of hydrogen-bond donors (Lipinski definition) is 1. The van der Waals surface area contributed by atoms with E-state index in [0.29, 0.717) is 22.3 Å². The van der Waals surface area contributed by atoms with Crippen molar-refractivity contribution in [2.24, 2.45) is 0 Å². The van der Waals surface area contributed by atoms with Crippen molar-refractivity contribution in [3.05, 3.63) is 87.7 Å². The molecule has 4 nitrogen and oxygen atoms in total. The Balaban J connectivity index is 1.70. The molecule has 2 heterocycles. The summed E-state index contributed by atoms with van der Waals surface area (Å²) >= 11 is 12.5. The number of amides is 2. The van der Waals surface area contributed by atoms with Crippen LogP contribution in [0.4, 0.5) is 10.5 Å². The molecular formula is C21H19Cl2N3O. The average molecular weight is 400 g/mol. The number of halogens is 2. The van der Waals surface area contributed by atoms with Crippen LogP contribution in [0, 0.1) is 6.92 Å². The number of benzene rings is 2. The van der Waals surface area contributed by atoms with Crippen LogP contribution in [0.1, 0.15) is 22.9 Å². The first-order valence-corrected chi connectivity index (χ1v) is 9.53. The molecule has 0 spiro atoms. The lowest BCUT2D eigenvalue weighted by atomic mass is 9.99. The van der Waals surface area contributed by atoms with Gasteiger partial charge in [0.25, 0.3) is 0 Å². The maximum Gasteiger partial charge on any atom is 0.322 e. The summed E-state index contributed by atoms with van der Waals surface area (Å²) in [6.07, 6.45) is 2.05. The zero-order chi connectivity index (χ0) is 19.0. The van der Waals surface area contributed by atoms with Crippen LogP contribution in [0.2, 0.25) is 10.0 Å². The fourth-order valence-electron chi connectivity index (χ4n) is 3.50. The van der Waals surface area contributed by atoms with Crippen LogP contribution < -0.4 is 5.32 Å². The lowest BCUT2D eigenvalue weighted by molar-refractivity contribution is 0.182. The Morgan fingerprint density at radius 3 is 2.41 bits per heavy atom. The Morgan fingerprint density at radius 1 is 1.00 bits per heavy atom. The third-order valence-electron chi connectivity index (χ3n) is 4.89. The van der Waals surface area contributed by atoms with E-state index in [9.17, 15) is 4.79 Å². The predicted octanol–water partition coefficient (Wildman–Crippen LogP) is 5.74. The maximum absolute atomic E-state index is 13.1. The molecule has 2 aromatic carbocycles. The van der Waals surface area contributed by atoms with Gasteiger partial charge < -0.3 is 14.8 Å². The molecule has 0 radical (unpaired) electrons. The molecule has 6 heteroatoms. The van der Waals surface area contributed by atoms with E-state index in [1.54, 1.807) is 18.2 Å². The van der Waals surface area contributed by atoms with Gasteiger partial charge in [-0.05, 0) is 36.8 Å². The third kappa shape index (κ3) is 3.43. The number of anilines is 1. The minimum absolute atomic E-state index is 0.171. The minimum Gasteiger partial charge on any atom is -0.348 e. The first-order chi connectivity index (χ1) is 13.0. The Hall–Kier alpha value is -2.43. The van der Waals surface area contributed by atoms with E-state index in [1.165, 1.54) is 5.56 Å². The molecule has 0 saturated heterocycles. The van der Waals surface area contributed by atoms with Crippen molar-refractivity contribution < 1.29 is 4.79 Å². The number of aromatic nitrogens is 1. The molecule has 0 saturated carbocycles. The molecule has 0 aliphatic carbocycles. The highest BCUT2D eigenvalue weighted by molar-refractivity contribution is 6.39. The number of carbonyl (C=O) groups excluding carboxylic acids is 1. The zero-order valence-corrected chi connectivity index (χ0v) is 16.3. The summed E-state index contributed by atoms with van der Waals surface area (Å²) in [5.74, 6) is 0. The normalized spacial score (nSPS) is 16.1. The summed E-state index contributed by atoms with van der Waals surface area (Å²) in [5, 5.41) is 3.74. The Labute approximate surface area is 168 Å². The fraction of sp³-hybridized carbons (Fsp3) is 0.190. The lowest BCUT2D eigenvalue weighted by Crippen LogP contribution is -2.44. The summed E-state index contributed by atoms with van der Waals surface area (Å²) in [6, 6.07) is 17.1. The Morgan fingerprint density at radius 2 is 1.70 bits per heavy atom. The number of nitrogens with zero attached hydrogens (tertiary/aromatic N) is 2. The molecule has 138 valence electrons. The second-order valence-electron chi connectivity index (χ2n) is 6.66. The molecule has 3 aromatic rings. The summed E-state index contributed by atoms with van der Waals surface area (Å²) in [5.41, 5.74) is 3.78. The van der Waals surface area contributed by atoms with Crippen LogP contribution >= 0.6 is 23.2 Å². The van der Waals surface area contributed by atoms with Crippen molar-refractivity contribution in [3.63, 3.8) is 0 Å². The fourth-order valence-corrected chi connectivity index (χ4v) is 3.99. The van der Waals surface area contributed by atoms with Gasteiger partial charge in [-0.3, -0.25) is 0 Å². The van der Waals surface area contributed by atoms with Crippen LogP contribution in [0.3, 0.4) is 0 Å². The van der Waals surface area contributed by atoms with E-state index in [1.807, 2.05) is 11.0 Å². The summed E-state index contributed by atoms with van der Waals surface area (Å²) < 4.78 is 2.19. The number of urea groups is 1. The zero-order valence-electron chi connectivity index (χ0n) is 14.8. The highest BCUT2D eigenvalue weighted by Crippen LogP contribution is 2.35. The Kier molecular flexibility index (Phi) is 4.85. The van der Waals surface area contributed by atoms with Crippen LogP contribution in [0.5, 0.6) is 0 Å². The van der Waals surface area contributed by atoms with Crippen molar-refractivity contribution >= 4 is 34.9 Å². The first kappa shape index (κ1) is 18.0. The van der Waals surface area contributed by atoms with Crippen LogP contribution in [-0.2, 0) is 6.54 Å². The predicted molar refractivity (Wildman–Crippen MR) is 110 cm³/mol. The largest absolute Gasteiger partial charge is 0.348 e. The van der Waals surface area contributed by atoms with Gasteiger partial charge >= 0.3 is 6.03 Å². The monoisotopic (exact) mass is 399 g/mol. The minimum atomic E-state index is -0.219. The highest BCUT2D eigenvalue weighted by atomic mass is 35.5. The van der Waals surface area contributed by atoms with Gasteiger partial charge in [0.2, 0.25) is 0 Å². The van der Waals surface area contributed by atoms with Gasteiger partial charge in [-0.1, -0.05) is 59.1 Å². The van der Waals surface area contributed by atoms with Crippen LogP contribution in [0.25, 0.3) is 0 Å². The molecule has 1 aliphatic heterocycles. The van der Waals surface area contributed by atoms with E-state index < -0.39 is 0 Å². The molecule has 0 bridgehead atoms. The van der Waals surface area contributed by atoms with Crippen molar-refractivity contribution in [1.82, 2.24) is 9.47 Å². The van der Waals surface area contributed by atoms with Crippen molar-refractivity contribution in [2.45, 2.75) is 19.5 Å². The molecular weight excluding hydrogens is 381 g/mol. The molecule has 0 unspecified atom stereocenters. The van der Waals surface area contributed by atoms with Gasteiger partial charge in [-0.2, -0.15) is 0 Å². The second kappa shape index (κ2) is 7.29. The molecule has 1 atom stereocenters. The molecule has 1 aliphatic rings. The van der Waals surface area contributed by atoms with Gasteiger partial charge in [-0.15, -0.1) is 0 Å². The quantitative estimate of drug-likeness (QED) is 0.585. The number of carbonyl (C=O) groups is 1. The third-order valence-corrected chi connectivity index (χ3v) is 5.52. The van der Waals surface area contributed by atoms with Gasteiger partial charge in [0.05, 0.1) is 21.8 Å². The highest BCUT2D eigenvalue weighted by Gasteiger charge is 2.32. The number of nitrogens with one attached hydrogen (secondary N) is 1. The topological polar surface area (TPSA) is 37.3 Å². The molecule has 1 N–H and O–H groups in total. The molecule has 27 heavy (non-hydrogen) atoms. The van der Waals surface area contributed by atoms with Crippen LogP contribution in [-0.4, -0.2) is 22.0 Å². The van der Waals surface area contributed by atoms with E-state index in [2.05, 4.69) is 53.3 Å². The van der Waals surface area contributed by atoms with Gasteiger partial charge in [0.1, 0.15) is 0 Å². The summed E-state index contributed by atoms with van der Waals surface area (Å²) in [6.45, 7) is 3.39. The van der Waals surface area contributed by atoms with Gasteiger partial charge in [0.15, 0.2) is 0 Å². The number of hydrogen-bond acceptors (Lipinski definition) is 1. The first-order valence-electron chi connectivity index (χ1n) is 8.78. The lowest BCUT2D eigenvalue weighted by Gasteiger charge is -2.37. The second-order valence-corrected chi connectivity index (χ2v) is 7.47. The van der Waals surface area contributed by atoms with Crippen molar-refractivity contribution in [2.75, 3.05) is 11.9 Å². The van der Waals surface area contributed by atoms with E-state index in [-0.39, 0.29) is 12.1 Å². The number of rotatable bonds is 2. The number of aryl methyl sites for hydroxylation is 1. The maximum atomic E-state index is 13.1. The smallest absolute Gasteiger partial charge is 0.322 e. The summed E-state index contributed by atoms with van der Waals surface area (Å²) in [7, 11) is 0. The average Bonchev–Trinajstić information content (AvgIpc) is 3.13. The van der Waals surface area contributed by atoms with Crippen molar-refractivity contribution in [1.29, 1.82) is 0 Å². The SMILES string of the molecule is Cc1ccc([C@@H]2c3cccn3CCN2C(=O)Nc2c(Cl)cccc2Cl)cc1. The molecule has 4 rings (SSSR count). The van der Waals surface area contributed by atoms with Gasteiger partial charge in [0, 0.05) is 25.0 Å². The molecule has 0 fully saturated rings. The van der Waals surface area contributed by atoms with E-state index >= 15 is 0 Å². The van der Waals surface area contributed by atoms with Gasteiger partial charge in [-0.25, -0.2) is 4.79 Å². The standard InChI is InChI=1S/C21H19Cl2N3O/c1-14-7-9-15(10-8-14)20-18-6-3-11-25(18)12-13-26(20)21(27)24-19-16(22)4-2-5-17(19)23/h2-11,20H,12-13H2,1H3,(H,24,27)/t20-/m1/s1.